The van der Waals surface area contributed by atoms with Crippen LogP contribution in [0.3, 0.4) is 0 Å². The zero-order valence-electron chi connectivity index (χ0n) is 12.0. The van der Waals surface area contributed by atoms with Crippen LogP contribution in [0, 0.1) is 0 Å². The molecule has 6 heteroatoms. The van der Waals surface area contributed by atoms with Crippen LogP contribution in [0.2, 0.25) is 0 Å². The second-order valence-corrected chi connectivity index (χ2v) is 5.85. The number of amides is 1. The fraction of sp³-hybridized carbons (Fsp3) is 0.333. The van der Waals surface area contributed by atoms with E-state index in [9.17, 15) is 9.59 Å². The highest BCUT2D eigenvalue weighted by Crippen LogP contribution is 2.38. The summed E-state index contributed by atoms with van der Waals surface area (Å²) in [5.41, 5.74) is 0. The van der Waals surface area contributed by atoms with Crippen molar-refractivity contribution >= 4 is 33.3 Å². The fourth-order valence-electron chi connectivity index (χ4n) is 1.91. The molecular weight excluding hydrogens is 290 g/mol. The predicted molar refractivity (Wildman–Crippen MR) is 82.2 cm³/mol. The summed E-state index contributed by atoms with van der Waals surface area (Å²) in [5, 5.41) is 9.54. The molecule has 0 saturated carbocycles. The van der Waals surface area contributed by atoms with Crippen molar-refractivity contribution in [2.24, 2.45) is 0 Å². The van der Waals surface area contributed by atoms with Gasteiger partial charge in [-0.05, 0) is 18.6 Å². The van der Waals surface area contributed by atoms with Gasteiger partial charge in [-0.25, -0.2) is 0 Å². The number of aliphatic carboxylic acids is 1. The summed E-state index contributed by atoms with van der Waals surface area (Å²) in [6.07, 6.45) is 0.466. The Bertz CT molecular complexity index is 663. The van der Waals surface area contributed by atoms with Crippen LogP contribution < -0.4 is 4.74 Å². The third kappa shape index (κ3) is 3.52. The van der Waals surface area contributed by atoms with E-state index < -0.39 is 5.97 Å². The highest BCUT2D eigenvalue weighted by molar-refractivity contribution is 7.21. The predicted octanol–water partition coefficient (Wildman–Crippen LogP) is 2.85. The van der Waals surface area contributed by atoms with E-state index in [1.165, 1.54) is 16.2 Å². The van der Waals surface area contributed by atoms with Crippen LogP contribution in [-0.4, -0.2) is 42.6 Å². The molecule has 0 aliphatic rings. The monoisotopic (exact) mass is 307 g/mol. The van der Waals surface area contributed by atoms with Crippen LogP contribution in [0.15, 0.2) is 24.3 Å². The van der Waals surface area contributed by atoms with E-state index in [-0.39, 0.29) is 18.9 Å². The zero-order valence-corrected chi connectivity index (χ0v) is 12.8. The lowest BCUT2D eigenvalue weighted by atomic mass is 10.2. The van der Waals surface area contributed by atoms with E-state index in [0.29, 0.717) is 17.0 Å². The summed E-state index contributed by atoms with van der Waals surface area (Å²) < 4.78 is 6.69. The SMILES string of the molecule is CN(C)C(=O)c1sc2ccccc2c1OCCCC(=O)O. The van der Waals surface area contributed by atoms with Gasteiger partial charge in [0.25, 0.3) is 5.91 Å². The molecule has 1 aromatic heterocycles. The lowest BCUT2D eigenvalue weighted by Gasteiger charge is -2.11. The van der Waals surface area contributed by atoms with Gasteiger partial charge in [-0.1, -0.05) is 12.1 Å². The van der Waals surface area contributed by atoms with E-state index in [1.807, 2.05) is 24.3 Å². The molecule has 0 spiro atoms. The van der Waals surface area contributed by atoms with E-state index in [2.05, 4.69) is 0 Å². The molecule has 0 radical (unpaired) electrons. The van der Waals surface area contributed by atoms with E-state index >= 15 is 0 Å². The summed E-state index contributed by atoms with van der Waals surface area (Å²) in [4.78, 5) is 24.8. The fourth-order valence-corrected chi connectivity index (χ4v) is 3.08. The van der Waals surface area contributed by atoms with Gasteiger partial charge in [0, 0.05) is 30.6 Å². The number of thiophene rings is 1. The topological polar surface area (TPSA) is 66.8 Å². The van der Waals surface area contributed by atoms with Gasteiger partial charge in [-0.2, -0.15) is 0 Å². The summed E-state index contributed by atoms with van der Waals surface area (Å²) in [7, 11) is 3.39. The van der Waals surface area contributed by atoms with E-state index in [4.69, 9.17) is 9.84 Å². The second-order valence-electron chi connectivity index (χ2n) is 4.80. The number of carboxylic acids is 1. The molecule has 0 fully saturated rings. The first-order valence-corrected chi connectivity index (χ1v) is 7.40. The maximum Gasteiger partial charge on any atom is 0.303 e. The Balaban J connectivity index is 2.27. The van der Waals surface area contributed by atoms with Crippen molar-refractivity contribution in [3.8, 4) is 5.75 Å². The number of benzene rings is 1. The molecule has 2 aromatic rings. The minimum atomic E-state index is -0.849. The van der Waals surface area contributed by atoms with Crippen molar-refractivity contribution in [1.29, 1.82) is 0 Å². The van der Waals surface area contributed by atoms with Crippen LogP contribution in [0.25, 0.3) is 10.1 Å². The van der Waals surface area contributed by atoms with Gasteiger partial charge in [0.1, 0.15) is 4.88 Å². The van der Waals surface area contributed by atoms with E-state index in [1.54, 1.807) is 14.1 Å². The third-order valence-corrected chi connectivity index (χ3v) is 4.07. The lowest BCUT2D eigenvalue weighted by Crippen LogP contribution is -2.21. The largest absolute Gasteiger partial charge is 0.491 e. The first kappa shape index (κ1) is 15.3. The van der Waals surface area contributed by atoms with Gasteiger partial charge < -0.3 is 14.7 Å². The average Bonchev–Trinajstić information content (AvgIpc) is 2.81. The number of carbonyl (C=O) groups excluding carboxylic acids is 1. The number of rotatable bonds is 6. The Kier molecular flexibility index (Phi) is 4.80. The number of hydrogen-bond donors (Lipinski definition) is 1. The van der Waals surface area contributed by atoms with Gasteiger partial charge in [0.15, 0.2) is 5.75 Å². The van der Waals surface area contributed by atoms with Crippen molar-refractivity contribution in [3.05, 3.63) is 29.1 Å². The Morgan fingerprint density at radius 1 is 1.29 bits per heavy atom. The maximum atomic E-state index is 12.2. The molecule has 0 bridgehead atoms. The molecule has 0 aliphatic heterocycles. The van der Waals surface area contributed by atoms with Crippen molar-refractivity contribution < 1.29 is 19.4 Å². The Labute approximate surface area is 126 Å². The molecular formula is C15H17NO4S. The number of nitrogens with zero attached hydrogens (tertiary/aromatic N) is 1. The van der Waals surface area contributed by atoms with Gasteiger partial charge in [0.2, 0.25) is 0 Å². The molecule has 1 aromatic carbocycles. The van der Waals surface area contributed by atoms with E-state index in [0.717, 1.165) is 10.1 Å². The summed E-state index contributed by atoms with van der Waals surface area (Å²) in [5.74, 6) is -0.400. The minimum Gasteiger partial charge on any atom is -0.491 e. The number of ether oxygens (including phenoxy) is 1. The highest BCUT2D eigenvalue weighted by Gasteiger charge is 2.21. The summed E-state index contributed by atoms with van der Waals surface area (Å²) in [6, 6.07) is 7.65. The van der Waals surface area contributed by atoms with Gasteiger partial charge >= 0.3 is 5.97 Å². The van der Waals surface area contributed by atoms with Crippen molar-refractivity contribution in [1.82, 2.24) is 4.90 Å². The molecule has 5 nitrogen and oxygen atoms in total. The molecule has 0 saturated heterocycles. The Morgan fingerprint density at radius 3 is 2.67 bits per heavy atom. The molecule has 0 atom stereocenters. The number of carboxylic acid groups (broad SMARTS) is 1. The highest BCUT2D eigenvalue weighted by atomic mass is 32.1. The van der Waals surface area contributed by atoms with Crippen molar-refractivity contribution in [2.75, 3.05) is 20.7 Å². The van der Waals surface area contributed by atoms with Gasteiger partial charge in [-0.3, -0.25) is 9.59 Å². The zero-order chi connectivity index (χ0) is 15.4. The molecule has 1 heterocycles. The van der Waals surface area contributed by atoms with Crippen LogP contribution in [0.5, 0.6) is 5.75 Å². The molecule has 2 rings (SSSR count). The maximum absolute atomic E-state index is 12.2. The molecule has 0 unspecified atom stereocenters. The standard InChI is InChI=1S/C15H17NO4S/c1-16(2)15(19)14-13(20-9-5-8-12(17)18)10-6-3-4-7-11(10)21-14/h3-4,6-7H,5,8-9H2,1-2H3,(H,17,18). The van der Waals surface area contributed by atoms with Crippen LogP contribution in [-0.2, 0) is 4.79 Å². The van der Waals surface area contributed by atoms with Gasteiger partial charge in [-0.15, -0.1) is 11.3 Å². The first-order valence-electron chi connectivity index (χ1n) is 6.58. The number of fused-ring (bicyclic) bond motifs is 1. The molecule has 1 N–H and O–H groups in total. The Morgan fingerprint density at radius 2 is 2.00 bits per heavy atom. The Hall–Kier alpha value is -2.08. The van der Waals surface area contributed by atoms with Crippen LogP contribution >= 0.6 is 11.3 Å². The first-order chi connectivity index (χ1) is 10.0. The molecule has 0 aliphatic carbocycles. The minimum absolute atomic E-state index is 0.0546. The van der Waals surface area contributed by atoms with Crippen molar-refractivity contribution in [2.45, 2.75) is 12.8 Å². The summed E-state index contributed by atoms with van der Waals surface area (Å²) >= 11 is 1.39. The normalized spacial score (nSPS) is 10.6. The average molecular weight is 307 g/mol. The third-order valence-electron chi connectivity index (χ3n) is 2.93. The summed E-state index contributed by atoms with van der Waals surface area (Å²) in [6.45, 7) is 0.279. The van der Waals surface area contributed by atoms with Gasteiger partial charge in [0.05, 0.1) is 6.61 Å². The van der Waals surface area contributed by atoms with Crippen LogP contribution in [0.1, 0.15) is 22.5 Å². The lowest BCUT2D eigenvalue weighted by molar-refractivity contribution is -0.137. The molecule has 21 heavy (non-hydrogen) atoms. The van der Waals surface area contributed by atoms with Crippen LogP contribution in [0.4, 0.5) is 0 Å². The number of hydrogen-bond acceptors (Lipinski definition) is 4. The number of carbonyl (C=O) groups is 2. The molecule has 1 amide bonds. The molecule has 112 valence electrons. The smallest absolute Gasteiger partial charge is 0.303 e. The second kappa shape index (κ2) is 6.58. The quantitative estimate of drug-likeness (QED) is 0.833. The van der Waals surface area contributed by atoms with Crippen molar-refractivity contribution in [3.63, 3.8) is 0 Å².